The second-order valence-electron chi connectivity index (χ2n) is 5.08. The first-order valence-corrected chi connectivity index (χ1v) is 6.07. The molecule has 0 bridgehead atoms. The quantitative estimate of drug-likeness (QED) is 0.792. The molecule has 5 heteroatoms. The fraction of sp³-hybridized carbons (Fsp3) is 0.833. The summed E-state index contributed by atoms with van der Waals surface area (Å²) in [7, 11) is 1.38. The second kappa shape index (κ2) is 5.89. The van der Waals surface area contributed by atoms with Gasteiger partial charge in [-0.3, -0.25) is 4.79 Å². The topological polar surface area (TPSA) is 58.6 Å². The van der Waals surface area contributed by atoms with Gasteiger partial charge in [-0.05, 0) is 12.3 Å². The van der Waals surface area contributed by atoms with Gasteiger partial charge in [0.15, 0.2) is 0 Å². The Morgan fingerprint density at radius 3 is 2.53 bits per heavy atom. The van der Waals surface area contributed by atoms with E-state index in [4.69, 9.17) is 4.74 Å². The summed E-state index contributed by atoms with van der Waals surface area (Å²) < 4.78 is 4.71. The van der Waals surface area contributed by atoms with E-state index in [2.05, 4.69) is 12.2 Å². The highest BCUT2D eigenvalue weighted by molar-refractivity contribution is 5.78. The van der Waals surface area contributed by atoms with Crippen molar-refractivity contribution in [3.8, 4) is 0 Å². The van der Waals surface area contributed by atoms with Gasteiger partial charge in [-0.1, -0.05) is 20.8 Å². The molecule has 0 aliphatic carbocycles. The molecule has 1 N–H and O–H groups in total. The van der Waals surface area contributed by atoms with E-state index in [0.717, 1.165) is 6.42 Å². The van der Waals surface area contributed by atoms with Crippen LogP contribution in [0.2, 0.25) is 0 Å². The van der Waals surface area contributed by atoms with Crippen LogP contribution >= 0.6 is 0 Å². The van der Waals surface area contributed by atoms with Crippen molar-refractivity contribution in [1.82, 2.24) is 10.2 Å². The number of hydrogen-bond donors (Lipinski definition) is 1. The Morgan fingerprint density at radius 2 is 2.00 bits per heavy atom. The lowest BCUT2D eigenvalue weighted by Crippen LogP contribution is -2.52. The summed E-state index contributed by atoms with van der Waals surface area (Å²) in [6.45, 7) is 7.03. The Labute approximate surface area is 102 Å². The Hall–Kier alpha value is -1.26. The van der Waals surface area contributed by atoms with Gasteiger partial charge in [-0.15, -0.1) is 0 Å². The van der Waals surface area contributed by atoms with E-state index in [9.17, 15) is 9.59 Å². The number of piperidine rings is 1. The molecule has 98 valence electrons. The average molecular weight is 242 g/mol. The van der Waals surface area contributed by atoms with Crippen LogP contribution in [0.5, 0.6) is 0 Å². The summed E-state index contributed by atoms with van der Waals surface area (Å²) in [5.41, 5.74) is 0. The predicted octanol–water partition coefficient (Wildman–Crippen LogP) is 1.24. The van der Waals surface area contributed by atoms with Crippen LogP contribution in [-0.4, -0.2) is 43.1 Å². The fourth-order valence-electron chi connectivity index (χ4n) is 2.10. The molecule has 2 amide bonds. The van der Waals surface area contributed by atoms with Crippen LogP contribution in [0.25, 0.3) is 0 Å². The number of methoxy groups -OCH3 is 1. The number of likely N-dealkylation sites (tertiary alicyclic amines) is 1. The highest BCUT2D eigenvalue weighted by Crippen LogP contribution is 2.17. The van der Waals surface area contributed by atoms with Gasteiger partial charge >= 0.3 is 6.09 Å². The average Bonchev–Trinajstić information content (AvgIpc) is 2.26. The Bertz CT molecular complexity index is 291. The molecule has 0 spiro atoms. The molecule has 1 saturated heterocycles. The standard InChI is InChI=1S/C12H22N2O3/c1-8(2)11(15)13-10-5-9(3)6-14(7-10)12(16)17-4/h8-10H,5-7H2,1-4H3,(H,13,15). The van der Waals surface area contributed by atoms with Crippen LogP contribution < -0.4 is 5.32 Å². The second-order valence-corrected chi connectivity index (χ2v) is 5.08. The summed E-state index contributed by atoms with van der Waals surface area (Å²) in [6.07, 6.45) is 0.590. The molecule has 0 saturated carbocycles. The van der Waals surface area contributed by atoms with Crippen LogP contribution in [0.15, 0.2) is 0 Å². The number of rotatable bonds is 2. The molecule has 1 heterocycles. The summed E-state index contributed by atoms with van der Waals surface area (Å²) in [4.78, 5) is 24.7. The zero-order chi connectivity index (χ0) is 13.0. The Morgan fingerprint density at radius 1 is 1.35 bits per heavy atom. The number of nitrogens with zero attached hydrogens (tertiary/aromatic N) is 1. The lowest BCUT2D eigenvalue weighted by molar-refractivity contribution is -0.125. The molecule has 1 fully saturated rings. The van der Waals surface area contributed by atoms with Crippen molar-refractivity contribution in [3.63, 3.8) is 0 Å². The molecule has 2 atom stereocenters. The van der Waals surface area contributed by atoms with Crippen LogP contribution in [0.3, 0.4) is 0 Å². The van der Waals surface area contributed by atoms with Gasteiger partial charge in [-0.25, -0.2) is 4.79 Å². The first-order valence-electron chi connectivity index (χ1n) is 6.07. The molecular formula is C12H22N2O3. The van der Waals surface area contributed by atoms with E-state index in [1.165, 1.54) is 7.11 Å². The number of ether oxygens (including phenoxy) is 1. The van der Waals surface area contributed by atoms with Gasteiger partial charge in [0.25, 0.3) is 0 Å². The molecule has 17 heavy (non-hydrogen) atoms. The maximum Gasteiger partial charge on any atom is 0.409 e. The number of carbonyl (C=O) groups is 2. The number of hydrogen-bond acceptors (Lipinski definition) is 3. The van der Waals surface area contributed by atoms with Gasteiger partial charge in [0.2, 0.25) is 5.91 Å². The van der Waals surface area contributed by atoms with Crippen molar-refractivity contribution >= 4 is 12.0 Å². The molecule has 0 radical (unpaired) electrons. The summed E-state index contributed by atoms with van der Waals surface area (Å²) in [5.74, 6) is 0.382. The molecular weight excluding hydrogens is 220 g/mol. The number of carbonyl (C=O) groups excluding carboxylic acids is 2. The van der Waals surface area contributed by atoms with Crippen molar-refractivity contribution in [3.05, 3.63) is 0 Å². The van der Waals surface area contributed by atoms with Crippen LogP contribution in [0.1, 0.15) is 27.2 Å². The third-order valence-electron chi connectivity index (χ3n) is 2.96. The lowest BCUT2D eigenvalue weighted by atomic mass is 9.96. The maximum absolute atomic E-state index is 11.6. The van der Waals surface area contributed by atoms with Crippen molar-refractivity contribution in [2.45, 2.75) is 33.2 Å². The highest BCUT2D eigenvalue weighted by atomic mass is 16.5. The van der Waals surface area contributed by atoms with Crippen molar-refractivity contribution in [1.29, 1.82) is 0 Å². The monoisotopic (exact) mass is 242 g/mol. The van der Waals surface area contributed by atoms with Gasteiger partial charge < -0.3 is 15.0 Å². The smallest absolute Gasteiger partial charge is 0.409 e. The highest BCUT2D eigenvalue weighted by Gasteiger charge is 2.29. The third-order valence-corrected chi connectivity index (χ3v) is 2.96. The van der Waals surface area contributed by atoms with Crippen LogP contribution in [0, 0.1) is 11.8 Å². The molecule has 1 aliphatic heterocycles. The molecule has 2 unspecified atom stereocenters. The summed E-state index contributed by atoms with van der Waals surface area (Å²) >= 11 is 0. The normalized spacial score (nSPS) is 24.6. The first kappa shape index (κ1) is 13.8. The Kier molecular flexibility index (Phi) is 4.78. The van der Waals surface area contributed by atoms with E-state index in [-0.39, 0.29) is 24.0 Å². The van der Waals surface area contributed by atoms with Gasteiger partial charge in [0.1, 0.15) is 0 Å². The number of nitrogens with one attached hydrogen (secondary N) is 1. The van der Waals surface area contributed by atoms with Gasteiger partial charge in [-0.2, -0.15) is 0 Å². The molecule has 0 aromatic carbocycles. The van der Waals surface area contributed by atoms with E-state index in [0.29, 0.717) is 19.0 Å². The number of amides is 2. The molecule has 1 rings (SSSR count). The predicted molar refractivity (Wildman–Crippen MR) is 64.5 cm³/mol. The largest absolute Gasteiger partial charge is 0.453 e. The molecule has 1 aliphatic rings. The van der Waals surface area contributed by atoms with Gasteiger partial charge in [0, 0.05) is 25.0 Å². The minimum absolute atomic E-state index is 0.0289. The first-order chi connectivity index (χ1) is 7.93. The third kappa shape index (κ3) is 3.91. The van der Waals surface area contributed by atoms with Crippen LogP contribution in [0.4, 0.5) is 4.79 Å². The fourth-order valence-corrected chi connectivity index (χ4v) is 2.10. The zero-order valence-electron chi connectivity index (χ0n) is 11.0. The molecule has 0 aromatic rings. The van der Waals surface area contributed by atoms with E-state index < -0.39 is 0 Å². The lowest BCUT2D eigenvalue weighted by Gasteiger charge is -2.36. The molecule has 0 aromatic heterocycles. The van der Waals surface area contributed by atoms with E-state index >= 15 is 0 Å². The van der Waals surface area contributed by atoms with E-state index in [1.54, 1.807) is 4.90 Å². The maximum atomic E-state index is 11.6. The molecule has 5 nitrogen and oxygen atoms in total. The minimum Gasteiger partial charge on any atom is -0.453 e. The van der Waals surface area contributed by atoms with Crippen LogP contribution in [-0.2, 0) is 9.53 Å². The van der Waals surface area contributed by atoms with E-state index in [1.807, 2.05) is 13.8 Å². The minimum atomic E-state index is -0.319. The Balaban J connectivity index is 2.56. The zero-order valence-corrected chi connectivity index (χ0v) is 11.0. The van der Waals surface area contributed by atoms with Crippen molar-refractivity contribution in [2.75, 3.05) is 20.2 Å². The van der Waals surface area contributed by atoms with Gasteiger partial charge in [0.05, 0.1) is 7.11 Å². The van der Waals surface area contributed by atoms with Crippen molar-refractivity contribution < 1.29 is 14.3 Å². The summed E-state index contributed by atoms with van der Waals surface area (Å²) in [6, 6.07) is 0.0350. The SMILES string of the molecule is COC(=O)N1CC(C)CC(NC(=O)C(C)C)C1. The summed E-state index contributed by atoms with van der Waals surface area (Å²) in [5, 5.41) is 2.97. The van der Waals surface area contributed by atoms with Crippen molar-refractivity contribution in [2.24, 2.45) is 11.8 Å².